The van der Waals surface area contributed by atoms with E-state index in [2.05, 4.69) is 32.9 Å². The second-order valence-corrected chi connectivity index (χ2v) is 3.25. The first-order valence-corrected chi connectivity index (χ1v) is 2.94. The molecule has 0 heterocycles. The Hall–Kier alpha value is 0.0249. The number of nitrogens with one attached hydrogen (secondary N) is 1. The Balaban J connectivity index is 3.62. The van der Waals surface area contributed by atoms with Crippen molar-refractivity contribution in [3.8, 4) is 0 Å². The summed E-state index contributed by atoms with van der Waals surface area (Å²) in [5.74, 6) is 0. The van der Waals surface area contributed by atoms with Crippen LogP contribution in [-0.4, -0.2) is 14.0 Å². The molecule has 0 aromatic heterocycles. The lowest BCUT2D eigenvalue weighted by molar-refractivity contribution is 0.321. The molecule has 8 heavy (non-hydrogen) atoms. The molecule has 0 aromatic rings. The van der Waals surface area contributed by atoms with Crippen LogP contribution in [0.2, 0.25) is 0 Å². The van der Waals surface area contributed by atoms with Gasteiger partial charge in [-0.25, -0.2) is 0 Å². The third kappa shape index (κ3) is 2.36. The molecule has 0 saturated heterocycles. The van der Waals surface area contributed by atoms with Gasteiger partial charge < -0.3 is 5.23 Å². The Bertz CT molecular complexity index is 65.4. The van der Waals surface area contributed by atoms with Crippen LogP contribution < -0.4 is 5.23 Å². The molecule has 0 aliphatic heterocycles. The standard InChI is InChI=1S/C6H14BN/c1-5(8-7)6(2,3)4/h5,8H,1-4H3. The Morgan fingerprint density at radius 1 is 1.38 bits per heavy atom. The third-order valence-electron chi connectivity index (χ3n) is 1.55. The Labute approximate surface area is 53.3 Å². The Kier molecular flexibility index (Phi) is 2.55. The van der Waals surface area contributed by atoms with E-state index in [4.69, 9.17) is 7.98 Å². The van der Waals surface area contributed by atoms with Gasteiger partial charge in [0.15, 0.2) is 7.98 Å². The van der Waals surface area contributed by atoms with E-state index in [9.17, 15) is 0 Å². The summed E-state index contributed by atoms with van der Waals surface area (Å²) in [6.45, 7) is 8.52. The van der Waals surface area contributed by atoms with Crippen LogP contribution in [-0.2, 0) is 0 Å². The maximum absolute atomic E-state index is 5.21. The summed E-state index contributed by atoms with van der Waals surface area (Å²) in [6, 6.07) is 0.377. The summed E-state index contributed by atoms with van der Waals surface area (Å²) in [6.07, 6.45) is 0. The molecule has 1 nitrogen and oxygen atoms in total. The van der Waals surface area contributed by atoms with E-state index < -0.39 is 0 Å². The molecule has 0 aliphatic rings. The highest BCUT2D eigenvalue weighted by atomic mass is 14.8. The molecule has 1 atom stereocenters. The summed E-state index contributed by atoms with van der Waals surface area (Å²) < 4.78 is 0. The Morgan fingerprint density at radius 2 is 1.75 bits per heavy atom. The van der Waals surface area contributed by atoms with Crippen molar-refractivity contribution in [1.29, 1.82) is 0 Å². The third-order valence-corrected chi connectivity index (χ3v) is 1.55. The van der Waals surface area contributed by atoms with E-state index in [-0.39, 0.29) is 5.41 Å². The molecule has 0 amide bonds. The predicted octanol–water partition coefficient (Wildman–Crippen LogP) is 1.09. The van der Waals surface area contributed by atoms with Crippen LogP contribution in [0.5, 0.6) is 0 Å². The zero-order chi connectivity index (χ0) is 6.78. The van der Waals surface area contributed by atoms with Gasteiger partial charge in [-0.2, -0.15) is 0 Å². The van der Waals surface area contributed by atoms with E-state index in [0.29, 0.717) is 6.04 Å². The van der Waals surface area contributed by atoms with Crippen LogP contribution in [0.1, 0.15) is 27.7 Å². The van der Waals surface area contributed by atoms with Gasteiger partial charge in [0.25, 0.3) is 0 Å². The summed E-state index contributed by atoms with van der Waals surface area (Å²) in [5, 5.41) is 2.70. The normalized spacial score (nSPS) is 16.0. The molecule has 0 fully saturated rings. The van der Waals surface area contributed by atoms with E-state index in [1.807, 2.05) is 0 Å². The van der Waals surface area contributed by atoms with E-state index in [1.54, 1.807) is 0 Å². The molecule has 2 radical (unpaired) electrons. The lowest BCUT2D eigenvalue weighted by Gasteiger charge is -2.26. The van der Waals surface area contributed by atoms with Crippen LogP contribution in [0.4, 0.5) is 0 Å². The average Bonchev–Trinajstić information content (AvgIpc) is 1.62. The topological polar surface area (TPSA) is 12.0 Å². The van der Waals surface area contributed by atoms with E-state index in [1.165, 1.54) is 0 Å². The van der Waals surface area contributed by atoms with Gasteiger partial charge in [-0.1, -0.05) is 27.7 Å². The van der Waals surface area contributed by atoms with Crippen molar-refractivity contribution in [2.45, 2.75) is 33.7 Å². The fourth-order valence-corrected chi connectivity index (χ4v) is 0.250. The van der Waals surface area contributed by atoms with Gasteiger partial charge in [0.2, 0.25) is 0 Å². The van der Waals surface area contributed by atoms with Crippen molar-refractivity contribution in [1.82, 2.24) is 5.23 Å². The van der Waals surface area contributed by atoms with Crippen LogP contribution >= 0.6 is 0 Å². The summed E-state index contributed by atoms with van der Waals surface area (Å²) in [7, 11) is 5.21. The van der Waals surface area contributed by atoms with Crippen LogP contribution in [0.3, 0.4) is 0 Å². The lowest BCUT2D eigenvalue weighted by atomic mass is 9.87. The fraction of sp³-hybridized carbons (Fsp3) is 1.00. The molecule has 0 spiro atoms. The second kappa shape index (κ2) is 2.54. The average molecular weight is 111 g/mol. The maximum atomic E-state index is 5.21. The quantitative estimate of drug-likeness (QED) is 0.499. The molecule has 46 valence electrons. The minimum Gasteiger partial charge on any atom is -0.363 e. The smallest absolute Gasteiger partial charge is 0.178 e. The minimum absolute atomic E-state index is 0.273. The van der Waals surface area contributed by atoms with Gasteiger partial charge >= 0.3 is 0 Å². The van der Waals surface area contributed by atoms with Crippen LogP contribution in [0.15, 0.2) is 0 Å². The van der Waals surface area contributed by atoms with Gasteiger partial charge in [0.05, 0.1) is 0 Å². The van der Waals surface area contributed by atoms with Gasteiger partial charge in [-0.3, -0.25) is 0 Å². The predicted molar refractivity (Wildman–Crippen MR) is 37.8 cm³/mol. The van der Waals surface area contributed by atoms with Crippen molar-refractivity contribution < 1.29 is 0 Å². The van der Waals surface area contributed by atoms with Crippen molar-refractivity contribution in [3.63, 3.8) is 0 Å². The Morgan fingerprint density at radius 3 is 1.75 bits per heavy atom. The fourth-order valence-electron chi connectivity index (χ4n) is 0.250. The highest BCUT2D eigenvalue weighted by Gasteiger charge is 2.16. The number of rotatable bonds is 1. The van der Waals surface area contributed by atoms with Crippen LogP contribution in [0.25, 0.3) is 0 Å². The highest BCUT2D eigenvalue weighted by molar-refractivity contribution is 6.04. The monoisotopic (exact) mass is 111 g/mol. The SMILES string of the molecule is [B]NC(C)C(C)(C)C. The van der Waals surface area contributed by atoms with Crippen molar-refractivity contribution >= 4 is 7.98 Å². The van der Waals surface area contributed by atoms with Crippen molar-refractivity contribution in [2.24, 2.45) is 5.41 Å². The van der Waals surface area contributed by atoms with Crippen LogP contribution in [0, 0.1) is 5.41 Å². The molecule has 1 N–H and O–H groups in total. The molecular formula is C6H14BN. The lowest BCUT2D eigenvalue weighted by Crippen LogP contribution is -2.35. The summed E-state index contributed by atoms with van der Waals surface area (Å²) >= 11 is 0. The molecule has 0 aliphatic carbocycles. The zero-order valence-corrected chi connectivity index (χ0v) is 6.15. The van der Waals surface area contributed by atoms with E-state index in [0.717, 1.165) is 0 Å². The minimum atomic E-state index is 0.273. The molecular weight excluding hydrogens is 96.9 g/mol. The molecule has 2 heteroatoms. The number of hydrogen-bond acceptors (Lipinski definition) is 1. The first kappa shape index (κ1) is 8.02. The first-order valence-electron chi connectivity index (χ1n) is 2.94. The van der Waals surface area contributed by atoms with Gasteiger partial charge in [0, 0.05) is 0 Å². The van der Waals surface area contributed by atoms with Gasteiger partial charge in [-0.15, -0.1) is 0 Å². The zero-order valence-electron chi connectivity index (χ0n) is 6.15. The molecule has 0 aromatic carbocycles. The van der Waals surface area contributed by atoms with Crippen molar-refractivity contribution in [3.05, 3.63) is 0 Å². The second-order valence-electron chi connectivity index (χ2n) is 3.25. The van der Waals surface area contributed by atoms with Crippen molar-refractivity contribution in [2.75, 3.05) is 0 Å². The molecule has 1 unspecified atom stereocenters. The molecule has 0 rings (SSSR count). The van der Waals surface area contributed by atoms with Gasteiger partial charge in [0.1, 0.15) is 0 Å². The summed E-state index contributed by atoms with van der Waals surface area (Å²) in [4.78, 5) is 0. The molecule has 0 bridgehead atoms. The van der Waals surface area contributed by atoms with E-state index >= 15 is 0 Å². The molecule has 0 saturated carbocycles. The summed E-state index contributed by atoms with van der Waals surface area (Å²) in [5.41, 5.74) is 0.273. The van der Waals surface area contributed by atoms with Gasteiger partial charge in [-0.05, 0) is 11.5 Å². The maximum Gasteiger partial charge on any atom is 0.178 e. The first-order chi connectivity index (χ1) is 3.48. The largest absolute Gasteiger partial charge is 0.363 e. The highest BCUT2D eigenvalue weighted by Crippen LogP contribution is 2.17. The number of hydrogen-bond donors (Lipinski definition) is 1.